The first-order valence-corrected chi connectivity index (χ1v) is 15.7. The number of para-hydroxylation sites is 1. The lowest BCUT2D eigenvalue weighted by Crippen LogP contribution is -2.54. The number of carboxylic acids is 1. The molecule has 226 valence electrons. The molecule has 2 aromatic heterocycles. The second-order valence-electron chi connectivity index (χ2n) is 12.7. The Balaban J connectivity index is 0.981. The highest BCUT2D eigenvalue weighted by atomic mass is 16.4. The fourth-order valence-electron chi connectivity index (χ4n) is 7.85. The summed E-state index contributed by atoms with van der Waals surface area (Å²) in [4.78, 5) is 28.3. The average molecular weight is 585 g/mol. The fraction of sp³-hybridized carbons (Fsp3) is 0.531. The third-order valence-corrected chi connectivity index (χ3v) is 10.3. The minimum Gasteiger partial charge on any atom is -0.507 e. The highest BCUT2D eigenvalue weighted by Gasteiger charge is 2.42. The van der Waals surface area contributed by atoms with Gasteiger partial charge < -0.3 is 30.6 Å². The number of anilines is 3. The van der Waals surface area contributed by atoms with Crippen LogP contribution in [0.3, 0.4) is 0 Å². The molecule has 2 unspecified atom stereocenters. The van der Waals surface area contributed by atoms with Gasteiger partial charge in [0, 0.05) is 49.2 Å². The van der Waals surface area contributed by atoms with Crippen LogP contribution in [0, 0.1) is 5.92 Å². The summed E-state index contributed by atoms with van der Waals surface area (Å²) in [5.74, 6) is 1.05. The van der Waals surface area contributed by atoms with Gasteiger partial charge in [0.25, 0.3) is 0 Å². The molecule has 7 rings (SSSR count). The summed E-state index contributed by atoms with van der Waals surface area (Å²) < 4.78 is 0. The Kier molecular flexibility index (Phi) is 7.50. The van der Waals surface area contributed by atoms with Crippen molar-refractivity contribution in [2.45, 2.75) is 75.4 Å². The smallest absolute Gasteiger partial charge is 0.306 e. The van der Waals surface area contributed by atoms with Gasteiger partial charge in [-0.15, -0.1) is 10.2 Å². The molecular weight excluding hydrogens is 544 g/mol. The number of benzene rings is 1. The molecule has 4 fully saturated rings. The molecule has 1 aromatic carbocycles. The predicted octanol–water partition coefficient (Wildman–Crippen LogP) is 3.90. The van der Waals surface area contributed by atoms with Gasteiger partial charge in [0.05, 0.1) is 17.3 Å². The van der Waals surface area contributed by atoms with Crippen molar-refractivity contribution >= 4 is 23.4 Å². The molecule has 4 N–H and O–H groups in total. The first kappa shape index (κ1) is 27.8. The lowest BCUT2D eigenvalue weighted by atomic mass is 9.83. The number of carboxylic acid groups (broad SMARTS) is 1. The van der Waals surface area contributed by atoms with Crippen LogP contribution in [0.5, 0.6) is 5.75 Å². The van der Waals surface area contributed by atoms with E-state index in [2.05, 4.69) is 24.9 Å². The Hall–Kier alpha value is -3.99. The lowest BCUT2D eigenvalue weighted by molar-refractivity contribution is -0.143. The molecule has 1 saturated carbocycles. The van der Waals surface area contributed by atoms with E-state index in [0.29, 0.717) is 29.0 Å². The quantitative estimate of drug-likeness (QED) is 0.388. The molecule has 0 radical (unpaired) electrons. The van der Waals surface area contributed by atoms with Crippen LogP contribution in [-0.2, 0) is 4.79 Å². The summed E-state index contributed by atoms with van der Waals surface area (Å²) >= 11 is 0. The highest BCUT2D eigenvalue weighted by molar-refractivity contribution is 5.74. The van der Waals surface area contributed by atoms with Crippen molar-refractivity contribution in [1.29, 1.82) is 0 Å². The van der Waals surface area contributed by atoms with E-state index in [-0.39, 0.29) is 23.8 Å². The number of hydrogen-bond acceptors (Lipinski definition) is 10. The minimum absolute atomic E-state index is 0.156. The highest BCUT2D eigenvalue weighted by Crippen LogP contribution is 2.39. The summed E-state index contributed by atoms with van der Waals surface area (Å²) in [6, 6.07) is 10.2. The SMILES string of the molecule is Nc1nnc(-c2ccccc2O)cc1N1CC2CCC(C1)N2c1ncc(C2CCN([C@H]3CC[C@@H](C(=O)O)CC3)CC2)cn1. The molecule has 5 heterocycles. The standard InChI is InChI=1S/C32H40N8O3/c33-30-28(15-27(36-37-30)26-3-1-2-4-29(26)41)39-18-24-9-10-25(19-39)40(24)32-34-16-22(17-35-32)20-11-13-38(14-12-20)23-7-5-21(6-8-23)31(42)43/h1-4,15-17,20-21,23-25,41H,5-14,18-19H2,(H2,33,37)(H,42,43)/t21-,23+,24?,25?. The van der Waals surface area contributed by atoms with Crippen molar-refractivity contribution in [3.8, 4) is 17.0 Å². The van der Waals surface area contributed by atoms with Gasteiger partial charge >= 0.3 is 5.97 Å². The predicted molar refractivity (Wildman–Crippen MR) is 164 cm³/mol. The van der Waals surface area contributed by atoms with Gasteiger partial charge in [-0.05, 0) is 94.1 Å². The minimum atomic E-state index is -0.634. The largest absolute Gasteiger partial charge is 0.507 e. The van der Waals surface area contributed by atoms with E-state index >= 15 is 0 Å². The summed E-state index contributed by atoms with van der Waals surface area (Å²) in [5, 5.41) is 28.1. The monoisotopic (exact) mass is 584 g/mol. The number of aromatic nitrogens is 4. The molecule has 1 aliphatic carbocycles. The van der Waals surface area contributed by atoms with E-state index in [4.69, 9.17) is 15.7 Å². The maximum absolute atomic E-state index is 11.3. The fourth-order valence-corrected chi connectivity index (χ4v) is 7.85. The molecule has 11 heteroatoms. The van der Waals surface area contributed by atoms with E-state index < -0.39 is 5.97 Å². The number of aliphatic carboxylic acids is 1. The number of nitrogens with two attached hydrogens (primary N) is 1. The summed E-state index contributed by atoms with van der Waals surface area (Å²) in [6.45, 7) is 3.70. The van der Waals surface area contributed by atoms with Crippen LogP contribution in [0.25, 0.3) is 11.3 Å². The molecule has 3 aromatic rings. The third-order valence-electron chi connectivity index (χ3n) is 10.3. The van der Waals surface area contributed by atoms with Crippen molar-refractivity contribution in [3.05, 3.63) is 48.3 Å². The molecule has 0 spiro atoms. The number of aromatic hydroxyl groups is 1. The van der Waals surface area contributed by atoms with Crippen LogP contribution < -0.4 is 15.5 Å². The molecule has 4 aliphatic rings. The van der Waals surface area contributed by atoms with Gasteiger partial charge in [-0.3, -0.25) is 4.79 Å². The molecule has 3 aliphatic heterocycles. The number of phenols is 1. The van der Waals surface area contributed by atoms with Crippen LogP contribution in [0.2, 0.25) is 0 Å². The number of piperidine rings is 1. The number of hydrogen-bond donors (Lipinski definition) is 3. The molecule has 11 nitrogen and oxygen atoms in total. The lowest BCUT2D eigenvalue weighted by Gasteiger charge is -2.42. The number of fused-ring (bicyclic) bond motifs is 2. The Morgan fingerprint density at radius 1 is 0.860 bits per heavy atom. The van der Waals surface area contributed by atoms with Gasteiger partial charge in [0.2, 0.25) is 5.95 Å². The van der Waals surface area contributed by atoms with E-state index in [1.54, 1.807) is 12.1 Å². The van der Waals surface area contributed by atoms with Crippen molar-refractivity contribution in [3.63, 3.8) is 0 Å². The average Bonchev–Trinajstić information content (AvgIpc) is 3.30. The first-order valence-electron chi connectivity index (χ1n) is 15.7. The number of piperazine rings is 1. The Labute approximate surface area is 251 Å². The zero-order chi connectivity index (χ0) is 29.5. The number of carbonyl (C=O) groups is 1. The van der Waals surface area contributed by atoms with Crippen LogP contribution in [0.4, 0.5) is 17.5 Å². The first-order chi connectivity index (χ1) is 20.9. The van der Waals surface area contributed by atoms with E-state index in [1.165, 1.54) is 5.56 Å². The van der Waals surface area contributed by atoms with Crippen molar-refractivity contribution in [1.82, 2.24) is 25.1 Å². The van der Waals surface area contributed by atoms with Gasteiger partial charge in [0.15, 0.2) is 5.82 Å². The maximum Gasteiger partial charge on any atom is 0.306 e. The number of nitrogen functional groups attached to an aromatic ring is 1. The summed E-state index contributed by atoms with van der Waals surface area (Å²) in [6.07, 6.45) is 12.0. The normalized spacial score (nSPS) is 26.5. The third kappa shape index (κ3) is 5.46. The van der Waals surface area contributed by atoms with Crippen molar-refractivity contribution < 1.29 is 15.0 Å². The molecule has 43 heavy (non-hydrogen) atoms. The second kappa shape index (κ2) is 11.6. The van der Waals surface area contributed by atoms with Crippen molar-refractivity contribution in [2.75, 3.05) is 41.7 Å². The van der Waals surface area contributed by atoms with Crippen LogP contribution in [0.1, 0.15) is 62.8 Å². The van der Waals surface area contributed by atoms with E-state index in [0.717, 1.165) is 89.2 Å². The Morgan fingerprint density at radius 2 is 1.51 bits per heavy atom. The van der Waals surface area contributed by atoms with Gasteiger partial charge in [0.1, 0.15) is 5.75 Å². The van der Waals surface area contributed by atoms with Crippen LogP contribution in [-0.4, -0.2) is 85.6 Å². The van der Waals surface area contributed by atoms with Gasteiger partial charge in [-0.1, -0.05) is 12.1 Å². The Morgan fingerprint density at radius 3 is 2.16 bits per heavy atom. The van der Waals surface area contributed by atoms with E-state index in [9.17, 15) is 15.0 Å². The molecule has 2 bridgehead atoms. The number of likely N-dealkylation sites (tertiary alicyclic amines) is 1. The molecular formula is C32H40N8O3. The van der Waals surface area contributed by atoms with Gasteiger partial charge in [-0.2, -0.15) is 0 Å². The number of nitrogens with zero attached hydrogens (tertiary/aromatic N) is 7. The van der Waals surface area contributed by atoms with E-state index in [1.807, 2.05) is 30.6 Å². The summed E-state index contributed by atoms with van der Waals surface area (Å²) in [7, 11) is 0. The summed E-state index contributed by atoms with van der Waals surface area (Å²) in [5.41, 5.74) is 9.62. The Bertz CT molecular complexity index is 1440. The maximum atomic E-state index is 11.3. The second-order valence-corrected chi connectivity index (χ2v) is 12.7. The molecule has 3 saturated heterocycles. The number of phenolic OH excluding ortho intramolecular Hbond substituents is 1. The molecule has 0 amide bonds. The zero-order valence-electron chi connectivity index (χ0n) is 24.4. The molecule has 2 atom stereocenters. The van der Waals surface area contributed by atoms with Crippen molar-refractivity contribution in [2.24, 2.45) is 5.92 Å². The zero-order valence-corrected chi connectivity index (χ0v) is 24.4. The van der Waals surface area contributed by atoms with Gasteiger partial charge in [-0.25, -0.2) is 9.97 Å². The van der Waals surface area contributed by atoms with Crippen LogP contribution >= 0.6 is 0 Å². The topological polar surface area (TPSA) is 145 Å². The number of rotatable bonds is 6. The van der Waals surface area contributed by atoms with Crippen LogP contribution in [0.15, 0.2) is 42.7 Å².